The molecule has 0 saturated carbocycles. The molecule has 0 radical (unpaired) electrons. The molecule has 106 valence electrons. The van der Waals surface area contributed by atoms with Gasteiger partial charge >= 0.3 is 0 Å². The summed E-state index contributed by atoms with van der Waals surface area (Å²) in [5, 5.41) is 7.00. The Kier molecular flexibility index (Phi) is 15.0. The second-order valence-electron chi connectivity index (χ2n) is 4.55. The number of likely N-dealkylation sites (tertiary alicyclic amines) is 1. The number of nitrogens with one attached hydrogen (secondary N) is 2. The van der Waals surface area contributed by atoms with Crippen molar-refractivity contribution in [2.24, 2.45) is 0 Å². The molecule has 2 saturated heterocycles. The summed E-state index contributed by atoms with van der Waals surface area (Å²) in [6.07, 6.45) is 5.46. The molecule has 2 N–H and O–H groups in total. The Bertz CT molecular complexity index is 142. The minimum Gasteiger partial charge on any atom is -0.315 e. The van der Waals surface area contributed by atoms with Crippen LogP contribution < -0.4 is 10.6 Å². The average Bonchev–Trinajstić information content (AvgIpc) is 2.86. The van der Waals surface area contributed by atoms with Gasteiger partial charge in [0, 0.05) is 12.6 Å². The van der Waals surface area contributed by atoms with Crippen LogP contribution in [-0.2, 0) is 0 Å². The van der Waals surface area contributed by atoms with E-state index in [1.165, 1.54) is 65.0 Å². The van der Waals surface area contributed by atoms with Crippen molar-refractivity contribution >= 4 is 50.9 Å². The Morgan fingerprint density at radius 2 is 1.82 bits per heavy atom. The summed E-state index contributed by atoms with van der Waals surface area (Å²) in [4.78, 5) is 2.59. The Balaban J connectivity index is 0. The highest BCUT2D eigenvalue weighted by atomic mass is 79.9. The largest absolute Gasteiger partial charge is 0.315 e. The van der Waals surface area contributed by atoms with Gasteiger partial charge in [-0.25, -0.2) is 0 Å². The van der Waals surface area contributed by atoms with Crippen LogP contribution in [0.4, 0.5) is 0 Å². The first-order valence-corrected chi connectivity index (χ1v) is 6.11. The zero-order valence-corrected chi connectivity index (χ0v) is 15.5. The topological polar surface area (TPSA) is 27.3 Å². The number of halogens is 3. The van der Waals surface area contributed by atoms with Crippen LogP contribution in [0.1, 0.15) is 25.7 Å². The monoisotopic (exact) mass is 437 g/mol. The average molecular weight is 440 g/mol. The van der Waals surface area contributed by atoms with Crippen LogP contribution in [0.5, 0.6) is 0 Å². The molecule has 0 bridgehead atoms. The lowest BCUT2D eigenvalue weighted by Gasteiger charge is -2.16. The Labute approximate surface area is 137 Å². The fraction of sp³-hybridized carbons (Fsp3) is 1.00. The van der Waals surface area contributed by atoms with Gasteiger partial charge < -0.3 is 15.5 Å². The molecule has 0 unspecified atom stereocenters. The lowest BCUT2D eigenvalue weighted by molar-refractivity contribution is 0.328. The minimum absolute atomic E-state index is 0. The maximum Gasteiger partial charge on any atom is 0.0204 e. The van der Waals surface area contributed by atoms with Crippen LogP contribution in [0, 0.1) is 0 Å². The van der Waals surface area contributed by atoms with Gasteiger partial charge in [-0.05, 0) is 58.4 Å². The van der Waals surface area contributed by atoms with E-state index in [0.29, 0.717) is 0 Å². The number of hydrogen-bond acceptors (Lipinski definition) is 3. The highest BCUT2D eigenvalue weighted by Gasteiger charge is 2.13. The van der Waals surface area contributed by atoms with Crippen molar-refractivity contribution in [1.82, 2.24) is 15.5 Å². The fourth-order valence-corrected chi connectivity index (χ4v) is 2.44. The molecule has 2 aliphatic rings. The Morgan fingerprint density at radius 3 is 2.41 bits per heavy atom. The first kappa shape index (κ1) is 20.6. The van der Waals surface area contributed by atoms with Crippen molar-refractivity contribution in [2.45, 2.75) is 31.7 Å². The summed E-state index contributed by atoms with van der Waals surface area (Å²) >= 11 is 0. The van der Waals surface area contributed by atoms with E-state index in [1.807, 2.05) is 0 Å². The molecule has 2 heterocycles. The minimum atomic E-state index is 0. The van der Waals surface area contributed by atoms with Gasteiger partial charge in [-0.1, -0.05) is 0 Å². The van der Waals surface area contributed by atoms with Crippen LogP contribution in [-0.4, -0.2) is 50.2 Å². The molecule has 2 fully saturated rings. The molecular formula is C11H26Br3N3. The van der Waals surface area contributed by atoms with Crippen molar-refractivity contribution in [1.29, 1.82) is 0 Å². The van der Waals surface area contributed by atoms with Crippen molar-refractivity contribution < 1.29 is 0 Å². The van der Waals surface area contributed by atoms with E-state index in [4.69, 9.17) is 0 Å². The third-order valence-electron chi connectivity index (χ3n) is 3.34. The number of nitrogens with zero attached hydrogens (tertiary/aromatic N) is 1. The number of hydrogen-bond donors (Lipinski definition) is 2. The zero-order valence-electron chi connectivity index (χ0n) is 10.3. The van der Waals surface area contributed by atoms with Crippen LogP contribution in [0.3, 0.4) is 0 Å². The standard InChI is InChI=1S/C11H23N3.3BrH/c1-2-8-14(7-1)9-3-5-13-11-4-6-12-10-11;;;/h11-13H,1-10H2;3*1H/t11-;;;/m0.../s1. The molecule has 0 amide bonds. The van der Waals surface area contributed by atoms with E-state index >= 15 is 0 Å². The van der Waals surface area contributed by atoms with Gasteiger partial charge in [-0.15, -0.1) is 50.9 Å². The SMILES string of the molecule is Br.Br.Br.C1CCN(CCCN[C@H]2CCNC2)C1. The molecule has 2 rings (SSSR count). The maximum atomic E-state index is 3.62. The third-order valence-corrected chi connectivity index (χ3v) is 3.34. The van der Waals surface area contributed by atoms with Crippen LogP contribution in [0.25, 0.3) is 0 Å². The summed E-state index contributed by atoms with van der Waals surface area (Å²) < 4.78 is 0. The molecule has 0 spiro atoms. The quantitative estimate of drug-likeness (QED) is 0.643. The molecule has 6 heteroatoms. The molecule has 0 aromatic heterocycles. The van der Waals surface area contributed by atoms with Gasteiger partial charge in [0.1, 0.15) is 0 Å². The summed E-state index contributed by atoms with van der Waals surface area (Å²) in [6, 6.07) is 0.744. The molecular weight excluding hydrogens is 414 g/mol. The van der Waals surface area contributed by atoms with Gasteiger partial charge in [-0.3, -0.25) is 0 Å². The molecule has 2 aliphatic heterocycles. The van der Waals surface area contributed by atoms with E-state index in [-0.39, 0.29) is 50.9 Å². The second kappa shape index (κ2) is 12.4. The van der Waals surface area contributed by atoms with Crippen molar-refractivity contribution in [3.05, 3.63) is 0 Å². The van der Waals surface area contributed by atoms with Gasteiger partial charge in [0.25, 0.3) is 0 Å². The van der Waals surface area contributed by atoms with Crippen molar-refractivity contribution in [3.63, 3.8) is 0 Å². The highest BCUT2D eigenvalue weighted by molar-refractivity contribution is 8.93. The predicted molar refractivity (Wildman–Crippen MR) is 90.5 cm³/mol. The van der Waals surface area contributed by atoms with Gasteiger partial charge in [-0.2, -0.15) is 0 Å². The first-order chi connectivity index (χ1) is 6.95. The predicted octanol–water partition coefficient (Wildman–Crippen LogP) is 2.16. The Morgan fingerprint density at radius 1 is 1.12 bits per heavy atom. The Hall–Kier alpha value is 1.32. The highest BCUT2D eigenvalue weighted by Crippen LogP contribution is 2.07. The molecule has 1 atom stereocenters. The number of rotatable bonds is 5. The molecule has 0 aliphatic carbocycles. The van der Waals surface area contributed by atoms with E-state index < -0.39 is 0 Å². The summed E-state index contributed by atoms with van der Waals surface area (Å²) in [7, 11) is 0. The lowest BCUT2D eigenvalue weighted by Crippen LogP contribution is -2.33. The molecule has 0 aromatic carbocycles. The maximum absolute atomic E-state index is 3.62. The molecule has 0 aromatic rings. The van der Waals surface area contributed by atoms with Gasteiger partial charge in [0.2, 0.25) is 0 Å². The normalized spacial score (nSPS) is 23.6. The van der Waals surface area contributed by atoms with Crippen LogP contribution in [0.2, 0.25) is 0 Å². The van der Waals surface area contributed by atoms with Crippen molar-refractivity contribution in [3.8, 4) is 0 Å². The van der Waals surface area contributed by atoms with E-state index in [1.54, 1.807) is 0 Å². The van der Waals surface area contributed by atoms with Gasteiger partial charge in [0.15, 0.2) is 0 Å². The van der Waals surface area contributed by atoms with Crippen LogP contribution >= 0.6 is 50.9 Å². The summed E-state index contributed by atoms with van der Waals surface area (Å²) in [5.74, 6) is 0. The van der Waals surface area contributed by atoms with Gasteiger partial charge in [0.05, 0.1) is 0 Å². The summed E-state index contributed by atoms with van der Waals surface area (Å²) in [5.41, 5.74) is 0. The van der Waals surface area contributed by atoms with Crippen LogP contribution in [0.15, 0.2) is 0 Å². The smallest absolute Gasteiger partial charge is 0.0204 e. The summed E-state index contributed by atoms with van der Waals surface area (Å²) in [6.45, 7) is 7.54. The van der Waals surface area contributed by atoms with Crippen molar-refractivity contribution in [2.75, 3.05) is 39.3 Å². The molecule has 17 heavy (non-hydrogen) atoms. The van der Waals surface area contributed by atoms with E-state index in [2.05, 4.69) is 15.5 Å². The third kappa shape index (κ3) is 8.16. The first-order valence-electron chi connectivity index (χ1n) is 6.11. The lowest BCUT2D eigenvalue weighted by atomic mass is 10.2. The fourth-order valence-electron chi connectivity index (χ4n) is 2.44. The van der Waals surface area contributed by atoms with E-state index in [0.717, 1.165) is 6.04 Å². The van der Waals surface area contributed by atoms with E-state index in [9.17, 15) is 0 Å². The molecule has 3 nitrogen and oxygen atoms in total. The zero-order chi connectivity index (χ0) is 9.64. The second-order valence-corrected chi connectivity index (χ2v) is 4.55.